The van der Waals surface area contributed by atoms with Crippen molar-refractivity contribution in [1.29, 1.82) is 0 Å². The van der Waals surface area contributed by atoms with Crippen LogP contribution in [0.5, 0.6) is 0 Å². The average molecular weight is 717 g/mol. The number of ether oxygens (including phenoxy) is 2. The Morgan fingerprint density at radius 1 is 0.373 bits per heavy atom. The molecule has 6 aromatic carbocycles. The summed E-state index contributed by atoms with van der Waals surface area (Å²) < 4.78 is 11.5. The molecule has 0 aliphatic heterocycles. The molecule has 6 aromatic rings. The molecule has 0 spiro atoms. The molecule has 0 atom stereocenters. The van der Waals surface area contributed by atoms with Crippen LogP contribution >= 0.6 is 14.5 Å². The summed E-state index contributed by atoms with van der Waals surface area (Å²) >= 11 is 0. The van der Waals surface area contributed by atoms with Gasteiger partial charge in [0.25, 0.3) is 0 Å². The first-order chi connectivity index (χ1) is 25.2. The molecule has 0 aliphatic carbocycles. The molecule has 6 rings (SSSR count). The fourth-order valence-corrected chi connectivity index (χ4v) is 16.0. The number of hydrogen-bond donors (Lipinski definition) is 0. The van der Waals surface area contributed by atoms with Crippen molar-refractivity contribution < 1.29 is 24.0 Å². The van der Waals surface area contributed by atoms with E-state index in [1.54, 1.807) is 0 Å². The number of carbonyl (C=O) groups excluding carboxylic acids is 1. The molecule has 0 radical (unpaired) electrons. The Morgan fingerprint density at radius 3 is 1.06 bits per heavy atom. The summed E-state index contributed by atoms with van der Waals surface area (Å²) in [5.41, 5.74) is 0. The van der Waals surface area contributed by atoms with Crippen LogP contribution in [0, 0.1) is 0 Å². The second kappa shape index (κ2) is 18.7. The van der Waals surface area contributed by atoms with Crippen LogP contribution in [0.3, 0.4) is 0 Å². The number of carbonyl (C=O) groups is 1. The van der Waals surface area contributed by atoms with Crippen LogP contribution in [0.25, 0.3) is 0 Å². The van der Waals surface area contributed by atoms with Crippen molar-refractivity contribution in [3.8, 4) is 0 Å². The molecule has 7 heteroatoms. The van der Waals surface area contributed by atoms with Gasteiger partial charge in [0.15, 0.2) is 0 Å². The van der Waals surface area contributed by atoms with Gasteiger partial charge in [-0.15, -0.1) is 0 Å². The van der Waals surface area contributed by atoms with Gasteiger partial charge in [-0.2, -0.15) is 0 Å². The van der Waals surface area contributed by atoms with Crippen LogP contribution < -0.4 is 31.8 Å². The van der Waals surface area contributed by atoms with E-state index < -0.39 is 14.5 Å². The summed E-state index contributed by atoms with van der Waals surface area (Å²) in [6.07, 6.45) is 1.11. The van der Waals surface area contributed by atoms with Crippen molar-refractivity contribution in [3.05, 3.63) is 182 Å². The summed E-state index contributed by atoms with van der Waals surface area (Å²) in [6, 6.07) is 63.4. The number of benzene rings is 6. The minimum atomic E-state index is -2.71. The van der Waals surface area contributed by atoms with Crippen LogP contribution in [0.15, 0.2) is 182 Å². The predicted molar refractivity (Wildman–Crippen MR) is 217 cm³/mol. The maximum absolute atomic E-state index is 13.5. The van der Waals surface area contributed by atoms with Crippen LogP contribution in [-0.2, 0) is 24.0 Å². The standard InChI is InChI=1S/C44H46O5P2/c45-44(37-51(41-25-13-4-14-26-41,42-27-15-5-16-28-42)43-29-17-6-18-30-43)47-33-31-46-32-34-48-49-35-36-50(38-19-7-1-8-20-38,39-21-9-2-10-22-39)40-23-11-3-12-24-40/h1-30,50-51H,31-37H2. The molecule has 51 heavy (non-hydrogen) atoms. The van der Waals surface area contributed by atoms with Crippen molar-refractivity contribution in [1.82, 2.24) is 0 Å². The van der Waals surface area contributed by atoms with Crippen molar-refractivity contribution in [2.75, 3.05) is 45.4 Å². The first-order valence-electron chi connectivity index (χ1n) is 17.5. The molecule has 0 fully saturated rings. The Kier molecular flexibility index (Phi) is 13.3. The third kappa shape index (κ3) is 8.89. The van der Waals surface area contributed by atoms with Crippen LogP contribution in [0.1, 0.15) is 0 Å². The molecule has 0 heterocycles. The second-order valence-electron chi connectivity index (χ2n) is 12.4. The fourth-order valence-electron chi connectivity index (χ4n) is 7.06. The minimum absolute atomic E-state index is 0.169. The molecule has 0 N–H and O–H groups in total. The van der Waals surface area contributed by atoms with Gasteiger partial charge in [-0.05, 0) is 0 Å². The van der Waals surface area contributed by atoms with Crippen molar-refractivity contribution >= 4 is 52.3 Å². The van der Waals surface area contributed by atoms with E-state index >= 15 is 0 Å². The first-order valence-corrected chi connectivity index (χ1v) is 22.0. The molecule has 0 aliphatic rings. The van der Waals surface area contributed by atoms with E-state index in [1.165, 1.54) is 31.8 Å². The number of rotatable bonds is 18. The molecule has 0 saturated carbocycles. The zero-order chi connectivity index (χ0) is 35.0. The normalized spacial score (nSPS) is 12.2. The Bertz CT molecular complexity index is 1680. The summed E-state index contributed by atoms with van der Waals surface area (Å²) in [7, 11) is -5.09. The maximum atomic E-state index is 13.5. The van der Waals surface area contributed by atoms with Crippen LogP contribution in [0.4, 0.5) is 0 Å². The Hall–Kier alpha value is -4.47. The second-order valence-corrected chi connectivity index (χ2v) is 20.3. The summed E-state index contributed by atoms with van der Waals surface area (Å²) in [6.45, 7) is 1.49. The van der Waals surface area contributed by atoms with Crippen molar-refractivity contribution in [2.45, 2.75) is 0 Å². The number of esters is 1. The van der Waals surface area contributed by atoms with E-state index in [9.17, 15) is 4.79 Å². The van der Waals surface area contributed by atoms with Crippen LogP contribution in [-0.4, -0.2) is 51.3 Å². The molecule has 262 valence electrons. The Labute approximate surface area is 302 Å². The van der Waals surface area contributed by atoms with Gasteiger partial charge in [-0.3, -0.25) is 0 Å². The topological polar surface area (TPSA) is 54.0 Å². The average Bonchev–Trinajstić information content (AvgIpc) is 3.21. The summed E-state index contributed by atoms with van der Waals surface area (Å²) in [4.78, 5) is 24.8. The molecule has 0 amide bonds. The summed E-state index contributed by atoms with van der Waals surface area (Å²) in [5.74, 6) is -0.232. The van der Waals surface area contributed by atoms with Gasteiger partial charge < -0.3 is 0 Å². The van der Waals surface area contributed by atoms with Gasteiger partial charge in [-0.25, -0.2) is 0 Å². The van der Waals surface area contributed by atoms with E-state index in [0.717, 1.165) is 6.16 Å². The zero-order valence-corrected chi connectivity index (χ0v) is 30.8. The Balaban J connectivity index is 1.00. The summed E-state index contributed by atoms with van der Waals surface area (Å²) in [5, 5.41) is 7.51. The SMILES string of the molecule is O=C(C[PH](c1ccccc1)(c1ccccc1)c1ccccc1)OCCOCCOOCC[PH](c1ccccc1)(c1ccccc1)c1ccccc1. The van der Waals surface area contributed by atoms with Crippen molar-refractivity contribution in [2.24, 2.45) is 0 Å². The molecule has 0 aromatic heterocycles. The zero-order valence-electron chi connectivity index (χ0n) is 28.8. The molecule has 5 nitrogen and oxygen atoms in total. The van der Waals surface area contributed by atoms with E-state index in [0.29, 0.717) is 19.4 Å². The fraction of sp³-hybridized carbons (Fsp3) is 0.159. The van der Waals surface area contributed by atoms with Gasteiger partial charge in [0, 0.05) is 0 Å². The molecule has 0 bridgehead atoms. The van der Waals surface area contributed by atoms with E-state index in [2.05, 4.69) is 127 Å². The number of hydrogen-bond acceptors (Lipinski definition) is 5. The van der Waals surface area contributed by atoms with Gasteiger partial charge in [-0.1, -0.05) is 0 Å². The van der Waals surface area contributed by atoms with E-state index in [1.807, 2.05) is 54.6 Å². The third-order valence-electron chi connectivity index (χ3n) is 9.45. The van der Waals surface area contributed by atoms with Crippen molar-refractivity contribution in [3.63, 3.8) is 0 Å². The monoisotopic (exact) mass is 716 g/mol. The van der Waals surface area contributed by atoms with E-state index in [4.69, 9.17) is 19.2 Å². The van der Waals surface area contributed by atoms with E-state index in [-0.39, 0.29) is 25.8 Å². The van der Waals surface area contributed by atoms with Gasteiger partial charge in [0.05, 0.1) is 0 Å². The molecular formula is C44H46O5P2. The Morgan fingerprint density at radius 2 is 0.686 bits per heavy atom. The van der Waals surface area contributed by atoms with Gasteiger partial charge >= 0.3 is 304 Å². The quantitative estimate of drug-likeness (QED) is 0.0362. The van der Waals surface area contributed by atoms with Gasteiger partial charge in [0.1, 0.15) is 0 Å². The molecular weight excluding hydrogens is 670 g/mol. The molecule has 0 saturated heterocycles. The van der Waals surface area contributed by atoms with Gasteiger partial charge in [0.2, 0.25) is 0 Å². The first kappa shape index (κ1) is 36.3. The molecule has 0 unspecified atom stereocenters. The predicted octanol–water partition coefficient (Wildman–Crippen LogP) is 5.95. The van der Waals surface area contributed by atoms with Crippen LogP contribution in [0.2, 0.25) is 0 Å². The third-order valence-corrected chi connectivity index (χ3v) is 19.1.